The second kappa shape index (κ2) is 6.12. The first-order valence-electron chi connectivity index (χ1n) is 6.93. The zero-order chi connectivity index (χ0) is 14.8. The lowest BCUT2D eigenvalue weighted by molar-refractivity contribution is 0.0145. The van der Waals surface area contributed by atoms with E-state index in [1.165, 1.54) is 0 Å². The summed E-state index contributed by atoms with van der Waals surface area (Å²) in [5.41, 5.74) is 6.52. The van der Waals surface area contributed by atoms with Gasteiger partial charge in [0.25, 0.3) is 0 Å². The standard InChI is InChI=1S/C15H22ClN3O/c1-19(10-15(20)6-2-3-7-15)9-12-5-4-11(14(17)18)8-13(12)16/h4-5,8,20H,2-3,6-7,9-10H2,1H3,(H3,17,18). The van der Waals surface area contributed by atoms with E-state index in [1.807, 2.05) is 19.2 Å². The Morgan fingerprint density at radius 1 is 1.45 bits per heavy atom. The molecule has 0 atom stereocenters. The van der Waals surface area contributed by atoms with Gasteiger partial charge in [0, 0.05) is 23.7 Å². The monoisotopic (exact) mass is 295 g/mol. The van der Waals surface area contributed by atoms with Gasteiger partial charge >= 0.3 is 0 Å². The van der Waals surface area contributed by atoms with Gasteiger partial charge in [0.05, 0.1) is 5.60 Å². The minimum Gasteiger partial charge on any atom is -0.389 e. The van der Waals surface area contributed by atoms with E-state index in [4.69, 9.17) is 22.7 Å². The van der Waals surface area contributed by atoms with Crippen LogP contribution in [0, 0.1) is 5.41 Å². The van der Waals surface area contributed by atoms with E-state index < -0.39 is 5.60 Å². The Morgan fingerprint density at radius 2 is 2.10 bits per heavy atom. The predicted octanol–water partition coefficient (Wildman–Crippen LogP) is 2.36. The van der Waals surface area contributed by atoms with Gasteiger partial charge in [-0.25, -0.2) is 0 Å². The van der Waals surface area contributed by atoms with Crippen molar-refractivity contribution in [2.75, 3.05) is 13.6 Å². The van der Waals surface area contributed by atoms with Gasteiger partial charge in [0.15, 0.2) is 0 Å². The van der Waals surface area contributed by atoms with Gasteiger partial charge in [-0.3, -0.25) is 10.3 Å². The number of nitrogens with zero attached hydrogens (tertiary/aromatic N) is 1. The number of amidine groups is 1. The molecule has 2 rings (SSSR count). The van der Waals surface area contributed by atoms with Gasteiger partial charge in [0.1, 0.15) is 5.84 Å². The normalized spacial score (nSPS) is 17.6. The molecule has 1 fully saturated rings. The molecule has 20 heavy (non-hydrogen) atoms. The smallest absolute Gasteiger partial charge is 0.122 e. The maximum atomic E-state index is 10.4. The second-order valence-electron chi connectivity index (χ2n) is 5.82. The molecule has 1 saturated carbocycles. The Kier molecular flexibility index (Phi) is 4.68. The fourth-order valence-corrected chi connectivity index (χ4v) is 3.12. The summed E-state index contributed by atoms with van der Waals surface area (Å²) in [5, 5.41) is 18.4. The molecule has 1 aromatic rings. The highest BCUT2D eigenvalue weighted by Crippen LogP contribution is 2.30. The van der Waals surface area contributed by atoms with E-state index in [9.17, 15) is 5.11 Å². The molecule has 1 aliphatic carbocycles. The number of nitrogens with two attached hydrogens (primary N) is 1. The summed E-state index contributed by atoms with van der Waals surface area (Å²) in [5.74, 6) is 0.0204. The van der Waals surface area contributed by atoms with Crippen LogP contribution in [0.4, 0.5) is 0 Å². The Bertz CT molecular complexity index is 498. The van der Waals surface area contributed by atoms with Crippen molar-refractivity contribution < 1.29 is 5.11 Å². The summed E-state index contributed by atoms with van der Waals surface area (Å²) < 4.78 is 0. The van der Waals surface area contributed by atoms with Crippen molar-refractivity contribution in [1.29, 1.82) is 5.41 Å². The van der Waals surface area contributed by atoms with Gasteiger partial charge in [-0.05, 0) is 31.5 Å². The number of rotatable bonds is 5. The van der Waals surface area contributed by atoms with Crippen LogP contribution >= 0.6 is 11.6 Å². The van der Waals surface area contributed by atoms with Crippen LogP contribution in [0.15, 0.2) is 18.2 Å². The van der Waals surface area contributed by atoms with E-state index in [0.717, 1.165) is 31.2 Å². The number of nitrogen functional groups attached to an aromatic ring is 1. The molecule has 1 aliphatic rings. The number of aliphatic hydroxyl groups is 1. The van der Waals surface area contributed by atoms with Crippen molar-refractivity contribution in [2.45, 2.75) is 37.8 Å². The summed E-state index contributed by atoms with van der Waals surface area (Å²) in [4.78, 5) is 2.10. The lowest BCUT2D eigenvalue weighted by Crippen LogP contribution is -2.38. The quantitative estimate of drug-likeness (QED) is 0.577. The average molecular weight is 296 g/mol. The first-order valence-corrected chi connectivity index (χ1v) is 7.31. The van der Waals surface area contributed by atoms with Crippen LogP contribution < -0.4 is 5.73 Å². The number of hydrogen-bond acceptors (Lipinski definition) is 3. The van der Waals surface area contributed by atoms with Crippen LogP contribution in [0.3, 0.4) is 0 Å². The molecule has 4 N–H and O–H groups in total. The van der Waals surface area contributed by atoms with Gasteiger partial charge < -0.3 is 10.8 Å². The molecule has 0 radical (unpaired) electrons. The van der Waals surface area contributed by atoms with Gasteiger partial charge in [0.2, 0.25) is 0 Å². The van der Waals surface area contributed by atoms with Crippen molar-refractivity contribution in [3.63, 3.8) is 0 Å². The molecular formula is C15H22ClN3O. The topological polar surface area (TPSA) is 73.3 Å². The van der Waals surface area contributed by atoms with Crippen molar-refractivity contribution in [3.8, 4) is 0 Å². The molecular weight excluding hydrogens is 274 g/mol. The van der Waals surface area contributed by atoms with Crippen LogP contribution in [0.1, 0.15) is 36.8 Å². The molecule has 4 nitrogen and oxygen atoms in total. The minimum absolute atomic E-state index is 0.0204. The third-order valence-electron chi connectivity index (χ3n) is 3.90. The molecule has 5 heteroatoms. The summed E-state index contributed by atoms with van der Waals surface area (Å²) in [6.45, 7) is 1.34. The average Bonchev–Trinajstić information content (AvgIpc) is 2.77. The zero-order valence-electron chi connectivity index (χ0n) is 11.8. The molecule has 0 saturated heterocycles. The van der Waals surface area contributed by atoms with Crippen LogP contribution in [0.25, 0.3) is 0 Å². The van der Waals surface area contributed by atoms with Gasteiger partial charge in [-0.1, -0.05) is 36.6 Å². The van der Waals surface area contributed by atoms with Crippen molar-refractivity contribution in [2.24, 2.45) is 5.73 Å². The molecule has 0 spiro atoms. The molecule has 0 bridgehead atoms. The molecule has 0 heterocycles. The molecule has 0 aliphatic heterocycles. The number of halogens is 1. The van der Waals surface area contributed by atoms with E-state index in [2.05, 4.69) is 4.90 Å². The number of hydrogen-bond donors (Lipinski definition) is 3. The van der Waals surface area contributed by atoms with Gasteiger partial charge in [-0.2, -0.15) is 0 Å². The van der Waals surface area contributed by atoms with Crippen molar-refractivity contribution in [1.82, 2.24) is 4.90 Å². The van der Waals surface area contributed by atoms with E-state index in [-0.39, 0.29) is 5.84 Å². The largest absolute Gasteiger partial charge is 0.389 e. The van der Waals surface area contributed by atoms with Gasteiger partial charge in [-0.15, -0.1) is 0 Å². The molecule has 0 unspecified atom stereocenters. The van der Waals surface area contributed by atoms with E-state index in [0.29, 0.717) is 23.7 Å². The summed E-state index contributed by atoms with van der Waals surface area (Å²) in [6.07, 6.45) is 3.99. The van der Waals surface area contributed by atoms with E-state index in [1.54, 1.807) is 6.07 Å². The van der Waals surface area contributed by atoms with Crippen molar-refractivity contribution >= 4 is 17.4 Å². The SMILES string of the molecule is CN(Cc1ccc(C(=N)N)cc1Cl)CC1(O)CCCC1. The Labute approximate surface area is 125 Å². The Balaban J connectivity index is 2.00. The predicted molar refractivity (Wildman–Crippen MR) is 82.2 cm³/mol. The van der Waals surface area contributed by atoms with Crippen LogP contribution in [0.2, 0.25) is 5.02 Å². The molecule has 0 amide bonds. The fourth-order valence-electron chi connectivity index (χ4n) is 2.88. The molecule has 110 valence electrons. The first-order chi connectivity index (χ1) is 9.39. The number of benzene rings is 1. The first kappa shape index (κ1) is 15.3. The van der Waals surface area contributed by atoms with Crippen LogP contribution in [0.5, 0.6) is 0 Å². The van der Waals surface area contributed by atoms with Crippen LogP contribution in [-0.4, -0.2) is 35.0 Å². The van der Waals surface area contributed by atoms with E-state index >= 15 is 0 Å². The molecule has 1 aromatic carbocycles. The van der Waals surface area contributed by atoms with Crippen molar-refractivity contribution in [3.05, 3.63) is 34.3 Å². The third-order valence-corrected chi connectivity index (χ3v) is 4.25. The minimum atomic E-state index is -0.541. The fraction of sp³-hybridized carbons (Fsp3) is 0.533. The van der Waals surface area contributed by atoms with Crippen LogP contribution in [-0.2, 0) is 6.54 Å². The third kappa shape index (κ3) is 3.72. The summed E-state index contributed by atoms with van der Waals surface area (Å²) >= 11 is 6.23. The Hall–Kier alpha value is -1.10. The summed E-state index contributed by atoms with van der Waals surface area (Å²) in [6, 6.07) is 5.42. The summed E-state index contributed by atoms with van der Waals surface area (Å²) in [7, 11) is 1.99. The highest BCUT2D eigenvalue weighted by molar-refractivity contribution is 6.31. The second-order valence-corrected chi connectivity index (χ2v) is 6.23. The maximum absolute atomic E-state index is 10.4. The Morgan fingerprint density at radius 3 is 2.65 bits per heavy atom. The number of nitrogens with one attached hydrogen (secondary N) is 1. The lowest BCUT2D eigenvalue weighted by Gasteiger charge is -2.28. The zero-order valence-corrected chi connectivity index (χ0v) is 12.6. The molecule has 0 aromatic heterocycles. The highest BCUT2D eigenvalue weighted by Gasteiger charge is 2.32. The highest BCUT2D eigenvalue weighted by atomic mass is 35.5. The maximum Gasteiger partial charge on any atom is 0.122 e. The number of likely N-dealkylation sites (N-methyl/N-ethyl adjacent to an activating group) is 1. The lowest BCUT2D eigenvalue weighted by atomic mass is 10.0.